The molecule has 10 heteroatoms. The van der Waals surface area contributed by atoms with Crippen molar-refractivity contribution in [2.75, 3.05) is 5.32 Å². The van der Waals surface area contributed by atoms with E-state index in [9.17, 15) is 14.4 Å². The van der Waals surface area contributed by atoms with Gasteiger partial charge in [-0.15, -0.1) is 0 Å². The van der Waals surface area contributed by atoms with Crippen molar-refractivity contribution in [2.24, 2.45) is 7.05 Å². The molecule has 1 fully saturated rings. The topological polar surface area (TPSA) is 132 Å². The van der Waals surface area contributed by atoms with Gasteiger partial charge in [-0.3, -0.25) is 19.4 Å². The van der Waals surface area contributed by atoms with Crippen molar-refractivity contribution in [1.29, 1.82) is 0 Å². The van der Waals surface area contributed by atoms with Gasteiger partial charge in [0.15, 0.2) is 5.82 Å². The number of carbonyl (C=O) groups excluding carboxylic acids is 3. The maximum atomic E-state index is 13.1. The zero-order chi connectivity index (χ0) is 22.3. The zero-order valence-electron chi connectivity index (χ0n) is 17.6. The maximum absolute atomic E-state index is 13.1. The largest absolute Gasteiger partial charge is 0.344 e. The van der Waals surface area contributed by atoms with E-state index in [1.54, 1.807) is 50.7 Å². The van der Waals surface area contributed by atoms with E-state index >= 15 is 0 Å². The molecule has 10 nitrogen and oxygen atoms in total. The SMILES string of the molecule is Cc1noc(C2(NC(=O)c3c(C)c(C(=O)C(=O)Nc4cccnc4)n(C)c3C)CC2)n1. The number of carbonyl (C=O) groups is 3. The van der Waals surface area contributed by atoms with E-state index in [-0.39, 0.29) is 11.6 Å². The number of hydrogen-bond acceptors (Lipinski definition) is 7. The fourth-order valence-electron chi connectivity index (χ4n) is 3.65. The minimum atomic E-state index is -0.802. The molecule has 0 radical (unpaired) electrons. The Bertz CT molecular complexity index is 1190. The molecule has 0 unspecified atom stereocenters. The van der Waals surface area contributed by atoms with Crippen molar-refractivity contribution < 1.29 is 18.9 Å². The van der Waals surface area contributed by atoms with Crippen LogP contribution in [0.2, 0.25) is 0 Å². The van der Waals surface area contributed by atoms with E-state index in [0.29, 0.717) is 47.1 Å². The summed E-state index contributed by atoms with van der Waals surface area (Å²) in [6.45, 7) is 5.10. The lowest BCUT2D eigenvalue weighted by Crippen LogP contribution is -2.35. The fraction of sp³-hybridized carbons (Fsp3) is 0.333. The van der Waals surface area contributed by atoms with Crippen molar-refractivity contribution in [3.63, 3.8) is 0 Å². The summed E-state index contributed by atoms with van der Waals surface area (Å²) in [5.74, 6) is -1.03. The molecule has 4 rings (SSSR count). The number of anilines is 1. The van der Waals surface area contributed by atoms with Crippen LogP contribution in [0.4, 0.5) is 5.69 Å². The lowest BCUT2D eigenvalue weighted by atomic mass is 10.1. The van der Waals surface area contributed by atoms with Gasteiger partial charge in [-0.25, -0.2) is 0 Å². The summed E-state index contributed by atoms with van der Waals surface area (Å²) in [4.78, 5) is 46.7. The molecule has 0 aliphatic heterocycles. The van der Waals surface area contributed by atoms with Gasteiger partial charge < -0.3 is 19.7 Å². The molecular formula is C21H22N6O4. The van der Waals surface area contributed by atoms with E-state index in [1.807, 2.05) is 0 Å². The highest BCUT2D eigenvalue weighted by Gasteiger charge is 2.51. The molecular weight excluding hydrogens is 400 g/mol. The molecule has 3 aromatic rings. The average Bonchev–Trinajstić information content (AvgIpc) is 3.31. The first-order valence-electron chi connectivity index (χ1n) is 9.78. The van der Waals surface area contributed by atoms with Crippen LogP contribution in [0.5, 0.6) is 0 Å². The molecule has 3 aromatic heterocycles. The first-order valence-corrected chi connectivity index (χ1v) is 9.78. The molecule has 0 saturated heterocycles. The summed E-state index contributed by atoms with van der Waals surface area (Å²) in [5.41, 5.74) is 1.24. The van der Waals surface area contributed by atoms with Crippen molar-refractivity contribution >= 4 is 23.3 Å². The highest BCUT2D eigenvalue weighted by molar-refractivity contribution is 6.46. The number of amides is 2. The third-order valence-electron chi connectivity index (χ3n) is 5.54. The number of nitrogens with one attached hydrogen (secondary N) is 2. The number of pyridine rings is 1. The van der Waals surface area contributed by atoms with Crippen LogP contribution in [-0.2, 0) is 17.4 Å². The third-order valence-corrected chi connectivity index (χ3v) is 5.54. The summed E-state index contributed by atoms with van der Waals surface area (Å²) in [6, 6.07) is 3.29. The number of nitrogens with zero attached hydrogens (tertiary/aromatic N) is 4. The quantitative estimate of drug-likeness (QED) is 0.458. The van der Waals surface area contributed by atoms with Crippen molar-refractivity contribution in [2.45, 2.75) is 39.2 Å². The van der Waals surface area contributed by atoms with Gasteiger partial charge in [-0.1, -0.05) is 5.16 Å². The summed E-state index contributed by atoms with van der Waals surface area (Å²) >= 11 is 0. The second-order valence-electron chi connectivity index (χ2n) is 7.70. The molecule has 0 spiro atoms. The summed E-state index contributed by atoms with van der Waals surface area (Å²) in [5, 5.41) is 9.31. The predicted molar refractivity (Wildman–Crippen MR) is 109 cm³/mol. The Morgan fingerprint density at radius 3 is 2.52 bits per heavy atom. The average molecular weight is 422 g/mol. The Morgan fingerprint density at radius 2 is 1.94 bits per heavy atom. The van der Waals surface area contributed by atoms with Gasteiger partial charge in [0.05, 0.1) is 23.1 Å². The summed E-state index contributed by atoms with van der Waals surface area (Å²) < 4.78 is 6.81. The molecule has 0 bridgehead atoms. The van der Waals surface area contributed by atoms with Crippen LogP contribution >= 0.6 is 0 Å². The monoisotopic (exact) mass is 422 g/mol. The second kappa shape index (κ2) is 7.46. The van der Waals surface area contributed by atoms with Gasteiger partial charge in [0, 0.05) is 18.9 Å². The Kier molecular flexibility index (Phi) is 4.92. The number of hydrogen-bond donors (Lipinski definition) is 2. The van der Waals surface area contributed by atoms with Crippen LogP contribution in [0.3, 0.4) is 0 Å². The standard InChI is InChI=1S/C21H22N6O4/c1-11-15(18(29)25-21(7-8-21)20-23-13(3)26-31-20)12(2)27(4)16(11)17(28)19(30)24-14-6-5-9-22-10-14/h5-6,9-10H,7-8H2,1-4H3,(H,24,30)(H,25,29). The summed E-state index contributed by atoms with van der Waals surface area (Å²) in [6.07, 6.45) is 4.38. The van der Waals surface area contributed by atoms with Gasteiger partial charge in [-0.05, 0) is 51.3 Å². The van der Waals surface area contributed by atoms with E-state index in [4.69, 9.17) is 4.52 Å². The number of rotatable bonds is 6. The predicted octanol–water partition coefficient (Wildman–Crippen LogP) is 1.97. The Labute approximate surface area is 178 Å². The normalized spacial score (nSPS) is 14.2. The van der Waals surface area contributed by atoms with Crippen LogP contribution in [0.15, 0.2) is 29.0 Å². The smallest absolute Gasteiger partial charge is 0.298 e. The van der Waals surface area contributed by atoms with Crippen molar-refractivity contribution in [3.05, 3.63) is 58.8 Å². The van der Waals surface area contributed by atoms with E-state index < -0.39 is 17.2 Å². The molecule has 0 atom stereocenters. The van der Waals surface area contributed by atoms with Gasteiger partial charge >= 0.3 is 0 Å². The second-order valence-corrected chi connectivity index (χ2v) is 7.70. The van der Waals surface area contributed by atoms with Gasteiger partial charge in [-0.2, -0.15) is 4.98 Å². The molecule has 3 heterocycles. The maximum Gasteiger partial charge on any atom is 0.298 e. The molecule has 1 aliphatic carbocycles. The van der Waals surface area contributed by atoms with Crippen molar-refractivity contribution in [3.8, 4) is 0 Å². The molecule has 160 valence electrons. The first-order chi connectivity index (χ1) is 14.7. The van der Waals surface area contributed by atoms with Crippen LogP contribution in [0, 0.1) is 20.8 Å². The Morgan fingerprint density at radius 1 is 1.19 bits per heavy atom. The van der Waals surface area contributed by atoms with E-state index in [2.05, 4.69) is 25.8 Å². The molecule has 1 aliphatic rings. The minimum Gasteiger partial charge on any atom is -0.344 e. The molecule has 1 saturated carbocycles. The lowest BCUT2D eigenvalue weighted by Gasteiger charge is -2.13. The number of aromatic nitrogens is 4. The van der Waals surface area contributed by atoms with E-state index in [1.165, 1.54) is 6.20 Å². The number of ketones is 1. The van der Waals surface area contributed by atoms with Crippen molar-refractivity contribution in [1.82, 2.24) is 25.0 Å². The number of aryl methyl sites for hydroxylation is 1. The Balaban J connectivity index is 1.59. The highest BCUT2D eigenvalue weighted by atomic mass is 16.5. The summed E-state index contributed by atoms with van der Waals surface area (Å²) in [7, 11) is 1.65. The van der Waals surface area contributed by atoms with Gasteiger partial charge in [0.2, 0.25) is 0 Å². The minimum absolute atomic E-state index is 0.155. The zero-order valence-corrected chi connectivity index (χ0v) is 17.6. The third kappa shape index (κ3) is 3.60. The molecule has 0 aromatic carbocycles. The molecule has 2 amide bonds. The van der Waals surface area contributed by atoms with Gasteiger partial charge in [0.1, 0.15) is 5.54 Å². The Hall–Kier alpha value is -3.82. The lowest BCUT2D eigenvalue weighted by molar-refractivity contribution is -0.112. The molecule has 31 heavy (non-hydrogen) atoms. The van der Waals surface area contributed by atoms with Crippen LogP contribution in [-0.4, -0.2) is 37.3 Å². The van der Waals surface area contributed by atoms with Crippen LogP contribution in [0.1, 0.15) is 56.7 Å². The highest BCUT2D eigenvalue weighted by Crippen LogP contribution is 2.45. The van der Waals surface area contributed by atoms with Crippen LogP contribution in [0.25, 0.3) is 0 Å². The fourth-order valence-corrected chi connectivity index (χ4v) is 3.65. The van der Waals surface area contributed by atoms with E-state index in [0.717, 1.165) is 0 Å². The molecule has 2 N–H and O–H groups in total. The van der Waals surface area contributed by atoms with Crippen LogP contribution < -0.4 is 10.6 Å². The number of Topliss-reactive ketones (excluding diaryl/α,β-unsaturated/α-hetero) is 1. The van der Waals surface area contributed by atoms with Gasteiger partial charge in [0.25, 0.3) is 23.5 Å². The first kappa shape index (κ1) is 20.5.